The van der Waals surface area contributed by atoms with E-state index in [-0.39, 0.29) is 30.3 Å². The molecule has 5 nitrogen and oxygen atoms in total. The smallest absolute Gasteiger partial charge is 0.255 e. The van der Waals surface area contributed by atoms with E-state index in [2.05, 4.69) is 15.5 Å². The molecule has 0 radical (unpaired) electrons. The number of nitrogens with one attached hydrogen (secondary N) is 2. The summed E-state index contributed by atoms with van der Waals surface area (Å²) in [4.78, 5) is 12.3. The molecule has 0 aliphatic carbocycles. The number of aromatic nitrogens is 2. The Balaban J connectivity index is 2.20. The van der Waals surface area contributed by atoms with E-state index in [1.807, 2.05) is 13.8 Å². The van der Waals surface area contributed by atoms with Crippen molar-refractivity contribution < 1.29 is 14.3 Å². The van der Waals surface area contributed by atoms with Gasteiger partial charge in [0, 0.05) is 18.2 Å². The first-order valence-corrected chi connectivity index (χ1v) is 6.74. The predicted molar refractivity (Wildman–Crippen MR) is 77.2 cm³/mol. The van der Waals surface area contributed by atoms with E-state index in [1.54, 1.807) is 12.1 Å². The van der Waals surface area contributed by atoms with Crippen molar-refractivity contribution in [2.45, 2.75) is 19.9 Å². The summed E-state index contributed by atoms with van der Waals surface area (Å²) in [5.41, 5.74) is 1.61. The maximum atomic E-state index is 13.0. The average molecular weight is 291 g/mol. The molecule has 0 saturated carbocycles. The Bertz CT molecular complexity index is 610. The summed E-state index contributed by atoms with van der Waals surface area (Å²) in [5.74, 6) is -0.666. The summed E-state index contributed by atoms with van der Waals surface area (Å²) in [5, 5.41) is 18.6. The molecule has 0 spiro atoms. The van der Waals surface area contributed by atoms with Crippen LogP contribution in [-0.2, 0) is 0 Å². The van der Waals surface area contributed by atoms with Crippen LogP contribution in [0.5, 0.6) is 0 Å². The standard InChI is InChI=1S/C15H18FN3O2/c1-9(8-20)10(2)18-15(21)13-7-17-19-14(13)11-3-5-12(16)6-4-11/h3-7,9-10,20H,8H2,1-2H3,(H,17,19)(H,18,21). The van der Waals surface area contributed by atoms with Gasteiger partial charge < -0.3 is 10.4 Å². The van der Waals surface area contributed by atoms with Crippen LogP contribution < -0.4 is 5.32 Å². The number of carbonyl (C=O) groups excluding carboxylic acids is 1. The molecule has 0 bridgehead atoms. The zero-order chi connectivity index (χ0) is 15.4. The maximum Gasteiger partial charge on any atom is 0.255 e. The molecule has 1 aromatic carbocycles. The monoisotopic (exact) mass is 291 g/mol. The van der Waals surface area contributed by atoms with Crippen LogP contribution in [0.3, 0.4) is 0 Å². The van der Waals surface area contributed by atoms with Crippen LogP contribution in [0.1, 0.15) is 24.2 Å². The number of benzene rings is 1. The van der Waals surface area contributed by atoms with E-state index in [9.17, 15) is 9.18 Å². The molecule has 112 valence electrons. The van der Waals surface area contributed by atoms with Crippen molar-refractivity contribution in [2.24, 2.45) is 5.92 Å². The van der Waals surface area contributed by atoms with Gasteiger partial charge in [0.1, 0.15) is 5.82 Å². The van der Waals surface area contributed by atoms with Crippen molar-refractivity contribution >= 4 is 5.91 Å². The van der Waals surface area contributed by atoms with Gasteiger partial charge >= 0.3 is 0 Å². The van der Waals surface area contributed by atoms with Gasteiger partial charge in [-0.25, -0.2) is 4.39 Å². The Hall–Kier alpha value is -2.21. The largest absolute Gasteiger partial charge is 0.396 e. The van der Waals surface area contributed by atoms with E-state index in [1.165, 1.54) is 18.3 Å². The first-order valence-electron chi connectivity index (χ1n) is 6.74. The van der Waals surface area contributed by atoms with E-state index in [4.69, 9.17) is 5.11 Å². The average Bonchev–Trinajstić information content (AvgIpc) is 2.96. The number of nitrogens with zero attached hydrogens (tertiary/aromatic N) is 1. The maximum absolute atomic E-state index is 13.0. The Morgan fingerprint density at radius 3 is 2.67 bits per heavy atom. The lowest BCUT2D eigenvalue weighted by Crippen LogP contribution is -2.38. The van der Waals surface area contributed by atoms with Gasteiger partial charge in [-0.15, -0.1) is 0 Å². The lowest BCUT2D eigenvalue weighted by atomic mass is 10.0. The normalized spacial score (nSPS) is 13.7. The van der Waals surface area contributed by atoms with Crippen LogP contribution in [0, 0.1) is 11.7 Å². The summed E-state index contributed by atoms with van der Waals surface area (Å²) >= 11 is 0. The van der Waals surface area contributed by atoms with Crippen molar-refractivity contribution in [1.82, 2.24) is 15.5 Å². The number of aliphatic hydroxyl groups excluding tert-OH is 1. The second-order valence-electron chi connectivity index (χ2n) is 5.09. The minimum Gasteiger partial charge on any atom is -0.396 e. The van der Waals surface area contributed by atoms with Crippen molar-refractivity contribution in [3.63, 3.8) is 0 Å². The number of amides is 1. The van der Waals surface area contributed by atoms with Crippen LogP contribution in [0.25, 0.3) is 11.3 Å². The van der Waals surface area contributed by atoms with Gasteiger partial charge in [-0.2, -0.15) is 5.10 Å². The van der Waals surface area contributed by atoms with Crippen LogP contribution >= 0.6 is 0 Å². The Morgan fingerprint density at radius 2 is 2.05 bits per heavy atom. The zero-order valence-electron chi connectivity index (χ0n) is 11.9. The number of aromatic amines is 1. The first kappa shape index (κ1) is 15.2. The van der Waals surface area contributed by atoms with E-state index < -0.39 is 0 Å². The molecule has 2 unspecified atom stereocenters. The molecule has 0 aliphatic heterocycles. The highest BCUT2D eigenvalue weighted by Crippen LogP contribution is 2.21. The number of carbonyl (C=O) groups is 1. The molecule has 1 aromatic heterocycles. The summed E-state index contributed by atoms with van der Waals surface area (Å²) in [6.45, 7) is 3.68. The van der Waals surface area contributed by atoms with Gasteiger partial charge in [0.15, 0.2) is 0 Å². The minimum absolute atomic E-state index is 0.00233. The van der Waals surface area contributed by atoms with Crippen molar-refractivity contribution in [2.75, 3.05) is 6.61 Å². The fourth-order valence-electron chi connectivity index (χ4n) is 1.88. The minimum atomic E-state index is -0.338. The van der Waals surface area contributed by atoms with Gasteiger partial charge in [-0.05, 0) is 37.1 Å². The van der Waals surface area contributed by atoms with Crippen LogP contribution in [-0.4, -0.2) is 33.9 Å². The lowest BCUT2D eigenvalue weighted by molar-refractivity contribution is 0.0917. The highest BCUT2D eigenvalue weighted by Gasteiger charge is 2.19. The highest BCUT2D eigenvalue weighted by molar-refractivity contribution is 5.99. The first-order chi connectivity index (χ1) is 10.0. The van der Waals surface area contributed by atoms with Crippen molar-refractivity contribution in [3.8, 4) is 11.3 Å². The molecular weight excluding hydrogens is 273 g/mol. The summed E-state index contributed by atoms with van der Waals surface area (Å²) in [6, 6.07) is 5.65. The number of halogens is 1. The van der Waals surface area contributed by atoms with Crippen LogP contribution in [0.2, 0.25) is 0 Å². The van der Waals surface area contributed by atoms with Crippen LogP contribution in [0.15, 0.2) is 30.5 Å². The lowest BCUT2D eigenvalue weighted by Gasteiger charge is -2.19. The van der Waals surface area contributed by atoms with Gasteiger partial charge in [0.05, 0.1) is 17.5 Å². The third-order valence-corrected chi connectivity index (χ3v) is 3.52. The molecular formula is C15H18FN3O2. The zero-order valence-corrected chi connectivity index (χ0v) is 11.9. The van der Waals surface area contributed by atoms with Gasteiger partial charge in [-0.1, -0.05) is 6.92 Å². The predicted octanol–water partition coefficient (Wildman–Crippen LogP) is 1.96. The molecule has 21 heavy (non-hydrogen) atoms. The third kappa shape index (κ3) is 3.46. The number of H-pyrrole nitrogens is 1. The highest BCUT2D eigenvalue weighted by atomic mass is 19.1. The van der Waals surface area contributed by atoms with E-state index >= 15 is 0 Å². The molecule has 3 N–H and O–H groups in total. The second kappa shape index (κ2) is 6.49. The van der Waals surface area contributed by atoms with Crippen molar-refractivity contribution in [1.29, 1.82) is 0 Å². The summed E-state index contributed by atoms with van der Waals surface area (Å²) in [7, 11) is 0. The second-order valence-corrected chi connectivity index (χ2v) is 5.09. The SMILES string of the molecule is CC(CO)C(C)NC(=O)c1cn[nH]c1-c1ccc(F)cc1. The van der Waals surface area contributed by atoms with Gasteiger partial charge in [0.2, 0.25) is 0 Å². The number of hydrogen-bond donors (Lipinski definition) is 3. The van der Waals surface area contributed by atoms with E-state index in [0.29, 0.717) is 16.8 Å². The molecule has 2 atom stereocenters. The molecule has 6 heteroatoms. The molecule has 1 amide bonds. The topological polar surface area (TPSA) is 78.0 Å². The van der Waals surface area contributed by atoms with Crippen LogP contribution in [0.4, 0.5) is 4.39 Å². The molecule has 2 rings (SSSR count). The van der Waals surface area contributed by atoms with Crippen molar-refractivity contribution in [3.05, 3.63) is 41.8 Å². The molecule has 0 aliphatic rings. The fourth-order valence-corrected chi connectivity index (χ4v) is 1.88. The third-order valence-electron chi connectivity index (χ3n) is 3.52. The molecule has 0 fully saturated rings. The summed E-state index contributed by atoms with van der Waals surface area (Å²) < 4.78 is 13.0. The molecule has 1 heterocycles. The van der Waals surface area contributed by atoms with Gasteiger partial charge in [0.25, 0.3) is 5.91 Å². The van der Waals surface area contributed by atoms with E-state index in [0.717, 1.165) is 0 Å². The van der Waals surface area contributed by atoms with Gasteiger partial charge in [-0.3, -0.25) is 9.89 Å². The summed E-state index contributed by atoms with van der Waals surface area (Å²) in [6.07, 6.45) is 1.43. The Labute approximate surface area is 122 Å². The fraction of sp³-hybridized carbons (Fsp3) is 0.333. The number of hydrogen-bond acceptors (Lipinski definition) is 3. The number of rotatable bonds is 5. The Kier molecular flexibility index (Phi) is 4.70. The number of aliphatic hydroxyl groups is 1. The Morgan fingerprint density at radius 1 is 1.38 bits per heavy atom. The quantitative estimate of drug-likeness (QED) is 0.788. The molecule has 2 aromatic rings. The molecule has 0 saturated heterocycles.